The van der Waals surface area contributed by atoms with E-state index in [4.69, 9.17) is 26.8 Å². The van der Waals surface area contributed by atoms with Gasteiger partial charge in [0.2, 0.25) is 11.6 Å². The van der Waals surface area contributed by atoms with Crippen LogP contribution < -0.4 is 20.6 Å². The topological polar surface area (TPSA) is 156 Å². The van der Waals surface area contributed by atoms with Crippen LogP contribution in [0, 0.1) is 6.92 Å². The number of nitrogens with zero attached hydrogens (tertiary/aromatic N) is 6. The molecule has 0 spiro atoms. The second-order valence-electron chi connectivity index (χ2n) is 7.06. The van der Waals surface area contributed by atoms with Gasteiger partial charge in [-0.15, -0.1) is 5.10 Å². The van der Waals surface area contributed by atoms with Crippen molar-refractivity contribution in [2.24, 2.45) is 5.10 Å². The Morgan fingerprint density at radius 2 is 2.17 bits per heavy atom. The summed E-state index contributed by atoms with van der Waals surface area (Å²) in [4.78, 5) is 12.7. The number of nitrogens with two attached hydrogens (primary N) is 1. The normalized spacial score (nSPS) is 11.1. The van der Waals surface area contributed by atoms with Crippen molar-refractivity contribution < 1.29 is 18.9 Å². The number of carbonyl (C=O) groups is 1. The molecule has 3 N–H and O–H groups in total. The maximum atomic E-state index is 12.7. The predicted molar refractivity (Wildman–Crippen MR) is 130 cm³/mol. The Kier molecular flexibility index (Phi) is 7.27. The molecule has 0 radical (unpaired) electrons. The van der Waals surface area contributed by atoms with Gasteiger partial charge >= 0.3 is 0 Å². The van der Waals surface area contributed by atoms with E-state index >= 15 is 0 Å². The van der Waals surface area contributed by atoms with Crippen LogP contribution in [0.4, 0.5) is 5.82 Å². The lowest BCUT2D eigenvalue weighted by Gasteiger charge is -2.13. The quantitative estimate of drug-likeness (QED) is 0.243. The average molecular weight is 562 g/mol. The number of methoxy groups -OCH3 is 1. The number of aromatic nitrogens is 5. The molecule has 0 aliphatic carbocycles. The first-order valence-electron chi connectivity index (χ1n) is 9.96. The molecule has 0 bridgehead atoms. The fraction of sp³-hybridized carbons (Fsp3) is 0.143. The summed E-state index contributed by atoms with van der Waals surface area (Å²) in [6, 6.07) is 10.9. The van der Waals surface area contributed by atoms with Gasteiger partial charge in [0.15, 0.2) is 17.2 Å². The van der Waals surface area contributed by atoms with Gasteiger partial charge in [-0.2, -0.15) is 9.78 Å². The molecule has 0 saturated carbocycles. The lowest BCUT2D eigenvalue weighted by molar-refractivity contribution is 0.0946. The minimum Gasteiger partial charge on any atom is -0.493 e. The monoisotopic (exact) mass is 560 g/mol. The molecule has 0 aliphatic heterocycles. The van der Waals surface area contributed by atoms with Crippen LogP contribution in [0.5, 0.6) is 11.5 Å². The van der Waals surface area contributed by atoms with Gasteiger partial charge in [-0.05, 0) is 68.6 Å². The molecule has 2 aromatic heterocycles. The first-order valence-corrected chi connectivity index (χ1v) is 11.1. The smallest absolute Gasteiger partial charge is 0.292 e. The second-order valence-corrected chi connectivity index (χ2v) is 8.35. The fourth-order valence-corrected chi connectivity index (χ4v) is 3.85. The molecule has 4 rings (SSSR count). The van der Waals surface area contributed by atoms with E-state index in [1.807, 2.05) is 18.2 Å². The lowest BCUT2D eigenvalue weighted by atomic mass is 10.2. The van der Waals surface area contributed by atoms with Crippen molar-refractivity contribution in [2.75, 3.05) is 12.8 Å². The highest BCUT2D eigenvalue weighted by Gasteiger charge is 2.22. The van der Waals surface area contributed by atoms with Crippen molar-refractivity contribution in [3.63, 3.8) is 0 Å². The molecule has 0 aliphatic rings. The molecule has 35 heavy (non-hydrogen) atoms. The summed E-state index contributed by atoms with van der Waals surface area (Å²) in [6.07, 6.45) is 1.45. The van der Waals surface area contributed by atoms with Crippen LogP contribution >= 0.6 is 27.5 Å². The number of rotatable bonds is 8. The van der Waals surface area contributed by atoms with Crippen molar-refractivity contribution >= 4 is 45.5 Å². The highest BCUT2D eigenvalue weighted by Crippen LogP contribution is 2.37. The van der Waals surface area contributed by atoms with Crippen molar-refractivity contribution in [1.29, 1.82) is 0 Å². The van der Waals surface area contributed by atoms with Crippen molar-refractivity contribution in [2.45, 2.75) is 13.5 Å². The Labute approximate surface area is 212 Å². The lowest BCUT2D eigenvalue weighted by Crippen LogP contribution is -2.22. The molecule has 0 fully saturated rings. The summed E-state index contributed by atoms with van der Waals surface area (Å²) < 4.78 is 17.7. The highest BCUT2D eigenvalue weighted by molar-refractivity contribution is 9.10. The third-order valence-corrected chi connectivity index (χ3v) is 5.48. The van der Waals surface area contributed by atoms with E-state index < -0.39 is 5.91 Å². The van der Waals surface area contributed by atoms with E-state index in [9.17, 15) is 4.79 Å². The van der Waals surface area contributed by atoms with Crippen LogP contribution in [0.15, 0.2) is 50.6 Å². The minimum atomic E-state index is -0.585. The Morgan fingerprint density at radius 3 is 2.89 bits per heavy atom. The van der Waals surface area contributed by atoms with Crippen molar-refractivity contribution in [3.8, 4) is 17.3 Å². The number of ether oxygens (including phenoxy) is 2. The van der Waals surface area contributed by atoms with Gasteiger partial charge in [0, 0.05) is 5.02 Å². The van der Waals surface area contributed by atoms with Crippen LogP contribution in [0.3, 0.4) is 0 Å². The van der Waals surface area contributed by atoms with E-state index in [2.05, 4.69) is 51.7 Å². The Morgan fingerprint density at radius 1 is 1.34 bits per heavy atom. The number of aryl methyl sites for hydroxylation is 1. The predicted octanol–water partition coefficient (Wildman–Crippen LogP) is 3.31. The molecular weight excluding hydrogens is 544 g/mol. The molecular formula is C21H18BrClN8O4. The van der Waals surface area contributed by atoms with Gasteiger partial charge in [0.05, 0.1) is 23.5 Å². The number of hydrogen-bond donors (Lipinski definition) is 2. The molecule has 14 heteroatoms. The number of hydrazone groups is 1. The van der Waals surface area contributed by atoms with Gasteiger partial charge in [-0.25, -0.2) is 10.1 Å². The molecule has 0 unspecified atom stereocenters. The minimum absolute atomic E-state index is 0.0398. The number of nitrogen functional groups attached to an aromatic ring is 1. The summed E-state index contributed by atoms with van der Waals surface area (Å²) in [6.45, 7) is 1.90. The van der Waals surface area contributed by atoms with Crippen molar-refractivity contribution in [3.05, 3.63) is 68.4 Å². The standard InChI is InChI=1S/C21H18BrClN8O4/c1-11-17(31(30-26-11)20-19(24)28-35-29-20)21(32)27-25-9-13-7-15(22)18(16(8-13)33-2)34-10-12-4-3-5-14(23)6-12/h3-9H,10H2,1-2H3,(H2,24,28)(H,27,32)/b25-9+. The van der Waals surface area contributed by atoms with Crippen LogP contribution in [0.25, 0.3) is 5.82 Å². The number of halogens is 2. The molecule has 2 aromatic carbocycles. The first kappa shape index (κ1) is 24.2. The third-order valence-electron chi connectivity index (χ3n) is 4.65. The van der Waals surface area contributed by atoms with Gasteiger partial charge in [-0.3, -0.25) is 4.79 Å². The molecule has 180 valence electrons. The molecule has 0 saturated heterocycles. The number of anilines is 1. The van der Waals surface area contributed by atoms with E-state index in [0.29, 0.717) is 38.9 Å². The summed E-state index contributed by atoms with van der Waals surface area (Å²) in [5, 5.41) is 19.5. The van der Waals surface area contributed by atoms with Crippen LogP contribution in [-0.2, 0) is 6.61 Å². The number of carbonyl (C=O) groups excluding carboxylic acids is 1. The summed E-state index contributed by atoms with van der Waals surface area (Å²) in [5.74, 6) is 0.405. The zero-order chi connectivity index (χ0) is 24.9. The maximum Gasteiger partial charge on any atom is 0.292 e. The molecule has 12 nitrogen and oxygen atoms in total. The zero-order valence-electron chi connectivity index (χ0n) is 18.4. The van der Waals surface area contributed by atoms with Gasteiger partial charge in [-0.1, -0.05) is 28.9 Å². The van der Waals surface area contributed by atoms with E-state index in [0.717, 1.165) is 10.2 Å². The largest absolute Gasteiger partial charge is 0.493 e. The van der Waals surface area contributed by atoms with E-state index in [1.54, 1.807) is 25.1 Å². The highest BCUT2D eigenvalue weighted by atomic mass is 79.9. The maximum absolute atomic E-state index is 12.7. The summed E-state index contributed by atoms with van der Waals surface area (Å²) in [7, 11) is 1.53. The molecule has 0 atom stereocenters. The number of amides is 1. The number of benzene rings is 2. The molecule has 4 aromatic rings. The summed E-state index contributed by atoms with van der Waals surface area (Å²) in [5.41, 5.74) is 10.1. The average Bonchev–Trinajstić information content (AvgIpc) is 3.42. The SMILES string of the molecule is COc1cc(/C=N/NC(=O)c2c(C)nnn2-c2nonc2N)cc(Br)c1OCc1cccc(Cl)c1. The number of nitrogens with one attached hydrogen (secondary N) is 1. The number of hydrogen-bond acceptors (Lipinski definition) is 10. The van der Waals surface area contributed by atoms with Crippen LogP contribution in [-0.4, -0.2) is 44.5 Å². The van der Waals surface area contributed by atoms with Gasteiger partial charge in [0.1, 0.15) is 6.61 Å². The zero-order valence-corrected chi connectivity index (χ0v) is 20.7. The first-order chi connectivity index (χ1) is 16.9. The van der Waals surface area contributed by atoms with Gasteiger partial charge in [0.25, 0.3) is 5.91 Å². The third kappa shape index (κ3) is 5.41. The Bertz CT molecular complexity index is 1400. The second kappa shape index (κ2) is 10.5. The van der Waals surface area contributed by atoms with Gasteiger partial charge < -0.3 is 15.2 Å². The molecule has 2 heterocycles. The summed E-state index contributed by atoms with van der Waals surface area (Å²) >= 11 is 9.53. The Balaban J connectivity index is 1.48. The van der Waals surface area contributed by atoms with Crippen molar-refractivity contribution in [1.82, 2.24) is 30.7 Å². The molecule has 1 amide bonds. The van der Waals surface area contributed by atoms with Crippen LogP contribution in [0.1, 0.15) is 27.3 Å². The van der Waals surface area contributed by atoms with E-state index in [1.165, 1.54) is 13.3 Å². The van der Waals surface area contributed by atoms with E-state index in [-0.39, 0.29) is 17.3 Å². The Hall–Kier alpha value is -3.97. The van der Waals surface area contributed by atoms with Crippen LogP contribution in [0.2, 0.25) is 5.02 Å². The fourth-order valence-electron chi connectivity index (χ4n) is 3.06.